The predicted molar refractivity (Wildman–Crippen MR) is 92.0 cm³/mol. The molecular formula is C20H12O7. The summed E-state index contributed by atoms with van der Waals surface area (Å²) < 4.78 is 4.72. The molecule has 134 valence electrons. The molecule has 0 saturated carbocycles. The summed E-state index contributed by atoms with van der Waals surface area (Å²) in [6, 6.07) is 7.30. The third kappa shape index (κ3) is 2.36. The van der Waals surface area contributed by atoms with Crippen molar-refractivity contribution in [2.45, 2.75) is 12.8 Å². The van der Waals surface area contributed by atoms with E-state index in [-0.39, 0.29) is 22.3 Å². The third-order valence-electron chi connectivity index (χ3n) is 4.87. The molecule has 27 heavy (non-hydrogen) atoms. The van der Waals surface area contributed by atoms with Gasteiger partial charge in [0.1, 0.15) is 0 Å². The van der Waals surface area contributed by atoms with Crippen LogP contribution in [0.15, 0.2) is 36.4 Å². The molecule has 0 bridgehead atoms. The van der Waals surface area contributed by atoms with Crippen LogP contribution in [0.5, 0.6) is 0 Å². The SMILES string of the molecule is CC1=CC(c2ccc(C(=O)O)c(C(=O)O)c2)c2c1ccc1c2C(=O)OC1=O. The van der Waals surface area contributed by atoms with Crippen LogP contribution >= 0.6 is 0 Å². The number of hydrogen-bond donors (Lipinski definition) is 2. The van der Waals surface area contributed by atoms with Gasteiger partial charge in [0.2, 0.25) is 0 Å². The Balaban J connectivity index is 1.94. The summed E-state index contributed by atoms with van der Waals surface area (Å²) in [7, 11) is 0. The Hall–Kier alpha value is -3.74. The van der Waals surface area contributed by atoms with E-state index >= 15 is 0 Å². The van der Waals surface area contributed by atoms with Gasteiger partial charge in [0.05, 0.1) is 22.3 Å². The van der Waals surface area contributed by atoms with Gasteiger partial charge in [-0.2, -0.15) is 0 Å². The molecule has 2 N–H and O–H groups in total. The van der Waals surface area contributed by atoms with Gasteiger partial charge in [-0.3, -0.25) is 0 Å². The topological polar surface area (TPSA) is 118 Å². The molecule has 2 aromatic carbocycles. The molecule has 0 fully saturated rings. The van der Waals surface area contributed by atoms with Gasteiger partial charge in [0.15, 0.2) is 0 Å². The quantitative estimate of drug-likeness (QED) is 0.635. The Kier molecular flexibility index (Phi) is 3.49. The van der Waals surface area contributed by atoms with Crippen LogP contribution in [0.3, 0.4) is 0 Å². The fourth-order valence-electron chi connectivity index (χ4n) is 3.67. The second kappa shape index (κ2) is 5.63. The van der Waals surface area contributed by atoms with Crippen LogP contribution in [0, 0.1) is 0 Å². The molecule has 0 spiro atoms. The maximum Gasteiger partial charge on any atom is 0.347 e. The van der Waals surface area contributed by atoms with E-state index in [2.05, 4.69) is 0 Å². The van der Waals surface area contributed by atoms with E-state index in [1.165, 1.54) is 24.3 Å². The summed E-state index contributed by atoms with van der Waals surface area (Å²) in [5.41, 5.74) is 2.40. The molecule has 1 unspecified atom stereocenters. The molecule has 2 aromatic rings. The van der Waals surface area contributed by atoms with Crippen molar-refractivity contribution in [1.82, 2.24) is 0 Å². The number of ether oxygens (including phenoxy) is 1. The number of carboxylic acid groups (broad SMARTS) is 2. The van der Waals surface area contributed by atoms with Gasteiger partial charge in [0, 0.05) is 5.92 Å². The number of carboxylic acids is 2. The number of hydrogen-bond acceptors (Lipinski definition) is 5. The molecule has 1 aliphatic carbocycles. The molecule has 1 atom stereocenters. The summed E-state index contributed by atoms with van der Waals surface area (Å²) >= 11 is 0. The van der Waals surface area contributed by atoms with Crippen molar-refractivity contribution in [3.8, 4) is 0 Å². The van der Waals surface area contributed by atoms with Gasteiger partial charge in [-0.25, -0.2) is 19.2 Å². The highest BCUT2D eigenvalue weighted by atomic mass is 16.6. The van der Waals surface area contributed by atoms with Crippen LogP contribution in [-0.4, -0.2) is 34.1 Å². The Bertz CT molecular complexity index is 1110. The summed E-state index contributed by atoms with van der Waals surface area (Å²) in [6.07, 6.45) is 1.85. The highest BCUT2D eigenvalue weighted by Crippen LogP contribution is 2.44. The van der Waals surface area contributed by atoms with Gasteiger partial charge >= 0.3 is 23.9 Å². The lowest BCUT2D eigenvalue weighted by Gasteiger charge is -2.15. The Labute approximate surface area is 152 Å². The number of rotatable bonds is 3. The lowest BCUT2D eigenvalue weighted by molar-refractivity contribution is 0.0442. The minimum atomic E-state index is -1.36. The molecular weight excluding hydrogens is 352 g/mol. The number of fused-ring (bicyclic) bond motifs is 3. The van der Waals surface area contributed by atoms with Crippen LogP contribution < -0.4 is 0 Å². The molecule has 0 saturated heterocycles. The number of aromatic carboxylic acids is 2. The molecule has 0 radical (unpaired) electrons. The highest BCUT2D eigenvalue weighted by molar-refractivity contribution is 6.16. The van der Waals surface area contributed by atoms with Gasteiger partial charge < -0.3 is 14.9 Å². The summed E-state index contributed by atoms with van der Waals surface area (Å²) in [4.78, 5) is 46.8. The largest absolute Gasteiger partial charge is 0.478 e. The number of benzene rings is 2. The average Bonchev–Trinajstić information content (AvgIpc) is 3.11. The van der Waals surface area contributed by atoms with Gasteiger partial charge in [-0.15, -0.1) is 0 Å². The number of allylic oxidation sites excluding steroid dienone is 2. The number of carbonyl (C=O) groups excluding carboxylic acids is 2. The Morgan fingerprint density at radius 2 is 1.59 bits per heavy atom. The number of carbonyl (C=O) groups is 4. The first-order valence-electron chi connectivity index (χ1n) is 8.02. The zero-order valence-electron chi connectivity index (χ0n) is 14.0. The standard InChI is InChI=1S/C20H12O7/c1-8-6-13(9-2-3-11(17(21)22)14(7-9)18(23)24)15-10(8)4-5-12-16(15)20(26)27-19(12)25/h2-7,13H,1H3,(H,21,22)(H,23,24). The van der Waals surface area contributed by atoms with E-state index in [9.17, 15) is 29.4 Å². The monoisotopic (exact) mass is 364 g/mol. The van der Waals surface area contributed by atoms with Crippen molar-refractivity contribution in [2.24, 2.45) is 0 Å². The Morgan fingerprint density at radius 3 is 2.26 bits per heavy atom. The van der Waals surface area contributed by atoms with Crippen LogP contribution in [0.25, 0.3) is 5.57 Å². The molecule has 7 nitrogen and oxygen atoms in total. The van der Waals surface area contributed by atoms with Crippen LogP contribution in [0.2, 0.25) is 0 Å². The van der Waals surface area contributed by atoms with Crippen molar-refractivity contribution in [3.63, 3.8) is 0 Å². The minimum absolute atomic E-state index is 0.174. The molecule has 1 heterocycles. The Morgan fingerprint density at radius 1 is 0.926 bits per heavy atom. The van der Waals surface area contributed by atoms with Crippen molar-refractivity contribution >= 4 is 29.5 Å². The maximum atomic E-state index is 12.2. The highest BCUT2D eigenvalue weighted by Gasteiger charge is 2.38. The van der Waals surface area contributed by atoms with Gasteiger partial charge in [-0.1, -0.05) is 18.2 Å². The molecule has 0 aromatic heterocycles. The second-order valence-corrected chi connectivity index (χ2v) is 6.37. The summed E-state index contributed by atoms with van der Waals surface area (Å²) in [5, 5.41) is 18.6. The first kappa shape index (κ1) is 16.7. The summed E-state index contributed by atoms with van der Waals surface area (Å²) in [5.74, 6) is -4.64. The lowest BCUT2D eigenvalue weighted by Crippen LogP contribution is -2.11. The van der Waals surface area contributed by atoms with Crippen molar-refractivity contribution in [3.05, 3.63) is 75.4 Å². The maximum absolute atomic E-state index is 12.2. The van der Waals surface area contributed by atoms with Gasteiger partial charge in [-0.05, 0) is 47.4 Å². The minimum Gasteiger partial charge on any atom is -0.478 e. The second-order valence-electron chi connectivity index (χ2n) is 6.37. The van der Waals surface area contributed by atoms with E-state index in [0.717, 1.165) is 11.1 Å². The molecule has 7 heteroatoms. The smallest absolute Gasteiger partial charge is 0.347 e. The first-order valence-corrected chi connectivity index (χ1v) is 8.02. The zero-order valence-corrected chi connectivity index (χ0v) is 14.0. The molecule has 1 aliphatic heterocycles. The zero-order chi connectivity index (χ0) is 19.5. The average molecular weight is 364 g/mol. The van der Waals surface area contributed by atoms with E-state index < -0.39 is 29.8 Å². The van der Waals surface area contributed by atoms with Crippen molar-refractivity contribution in [2.75, 3.05) is 0 Å². The van der Waals surface area contributed by atoms with E-state index in [1.54, 1.807) is 6.07 Å². The normalized spacial score (nSPS) is 17.2. The number of esters is 2. The first-order chi connectivity index (χ1) is 12.8. The number of cyclic esters (lactones) is 2. The molecule has 2 aliphatic rings. The fraction of sp³-hybridized carbons (Fsp3) is 0.100. The molecule has 0 amide bonds. The lowest BCUT2D eigenvalue weighted by atomic mass is 9.86. The van der Waals surface area contributed by atoms with Crippen LogP contribution in [0.1, 0.15) is 71.0 Å². The van der Waals surface area contributed by atoms with E-state index in [0.29, 0.717) is 11.1 Å². The van der Waals surface area contributed by atoms with Crippen LogP contribution in [-0.2, 0) is 4.74 Å². The van der Waals surface area contributed by atoms with E-state index in [4.69, 9.17) is 4.74 Å². The third-order valence-corrected chi connectivity index (χ3v) is 4.87. The molecule has 4 rings (SSSR count). The van der Waals surface area contributed by atoms with Crippen molar-refractivity contribution in [1.29, 1.82) is 0 Å². The fourth-order valence-corrected chi connectivity index (χ4v) is 3.67. The van der Waals surface area contributed by atoms with Gasteiger partial charge in [0.25, 0.3) is 0 Å². The van der Waals surface area contributed by atoms with E-state index in [1.807, 2.05) is 13.0 Å². The van der Waals surface area contributed by atoms with Crippen molar-refractivity contribution < 1.29 is 34.1 Å². The predicted octanol–water partition coefficient (Wildman–Crippen LogP) is 2.94. The summed E-state index contributed by atoms with van der Waals surface area (Å²) in [6.45, 7) is 1.84. The van der Waals surface area contributed by atoms with Crippen LogP contribution in [0.4, 0.5) is 0 Å².